The summed E-state index contributed by atoms with van der Waals surface area (Å²) in [6.07, 6.45) is 5.14. The van der Waals surface area contributed by atoms with Crippen molar-refractivity contribution in [2.75, 3.05) is 18.4 Å². The van der Waals surface area contributed by atoms with E-state index in [1.165, 1.54) is 0 Å². The second-order valence-corrected chi connectivity index (χ2v) is 6.20. The number of carbonyl (C=O) groups is 2. The smallest absolute Gasteiger partial charge is 0.255 e. The van der Waals surface area contributed by atoms with Gasteiger partial charge in [-0.1, -0.05) is 12.1 Å². The zero-order valence-electron chi connectivity index (χ0n) is 15.0. The number of nitrogens with one attached hydrogen (secondary N) is 3. The number of halogens is 2. The van der Waals surface area contributed by atoms with Crippen molar-refractivity contribution in [3.8, 4) is 0 Å². The van der Waals surface area contributed by atoms with Crippen LogP contribution in [-0.2, 0) is 0 Å². The van der Waals surface area contributed by atoms with Gasteiger partial charge in [-0.15, -0.1) is 24.8 Å². The summed E-state index contributed by atoms with van der Waals surface area (Å²) >= 11 is 0. The number of para-hydroxylation sites is 1. The predicted octanol–water partition coefficient (Wildman–Crippen LogP) is 2.97. The fourth-order valence-corrected chi connectivity index (χ4v) is 2.95. The monoisotopic (exact) mass is 410 g/mol. The molecule has 6 nitrogen and oxygen atoms in total. The summed E-state index contributed by atoms with van der Waals surface area (Å²) in [5, 5.41) is 9.20. The Hall–Kier alpha value is -2.15. The van der Waals surface area contributed by atoms with Gasteiger partial charge in [0.15, 0.2) is 0 Å². The Morgan fingerprint density at radius 2 is 1.85 bits per heavy atom. The molecule has 0 radical (unpaired) electrons. The maximum absolute atomic E-state index is 12.7. The maximum atomic E-state index is 12.7. The second-order valence-electron chi connectivity index (χ2n) is 6.20. The summed E-state index contributed by atoms with van der Waals surface area (Å²) in [5.41, 5.74) is 2.37. The van der Waals surface area contributed by atoms with Crippen molar-refractivity contribution in [1.29, 1.82) is 0 Å². The third kappa shape index (κ3) is 5.92. The number of carbonyl (C=O) groups excluding carboxylic acids is 2. The van der Waals surface area contributed by atoms with E-state index >= 15 is 0 Å². The number of aromatic nitrogens is 1. The van der Waals surface area contributed by atoms with E-state index in [4.69, 9.17) is 0 Å². The summed E-state index contributed by atoms with van der Waals surface area (Å²) in [6, 6.07) is 8.83. The molecule has 2 aromatic rings. The Kier molecular flexibility index (Phi) is 9.21. The quantitative estimate of drug-likeness (QED) is 0.723. The maximum Gasteiger partial charge on any atom is 0.255 e. The van der Waals surface area contributed by atoms with E-state index < -0.39 is 0 Å². The van der Waals surface area contributed by atoms with Crippen LogP contribution in [0.25, 0.3) is 0 Å². The first-order valence-corrected chi connectivity index (χ1v) is 8.47. The van der Waals surface area contributed by atoms with Gasteiger partial charge in [0.2, 0.25) is 0 Å². The number of anilines is 1. The highest BCUT2D eigenvalue weighted by Gasteiger charge is 2.20. The highest BCUT2D eigenvalue weighted by atomic mass is 35.5. The number of piperidine rings is 1. The first-order valence-electron chi connectivity index (χ1n) is 8.47. The van der Waals surface area contributed by atoms with Crippen LogP contribution in [0.1, 0.15) is 39.1 Å². The minimum absolute atomic E-state index is 0. The second kappa shape index (κ2) is 10.9. The van der Waals surface area contributed by atoms with Crippen molar-refractivity contribution < 1.29 is 9.59 Å². The number of pyridine rings is 1. The molecule has 1 aliphatic heterocycles. The number of hydrogen-bond acceptors (Lipinski definition) is 4. The van der Waals surface area contributed by atoms with Crippen molar-refractivity contribution >= 4 is 42.3 Å². The lowest BCUT2D eigenvalue weighted by Crippen LogP contribution is -2.45. The van der Waals surface area contributed by atoms with Gasteiger partial charge in [0.1, 0.15) is 0 Å². The summed E-state index contributed by atoms with van der Waals surface area (Å²) in [7, 11) is 0. The third-order valence-corrected chi connectivity index (χ3v) is 4.33. The Bertz CT molecular complexity index is 766. The minimum Gasteiger partial charge on any atom is -0.348 e. The molecule has 2 heterocycles. The summed E-state index contributed by atoms with van der Waals surface area (Å²) in [4.78, 5) is 29.1. The molecule has 146 valence electrons. The van der Waals surface area contributed by atoms with Gasteiger partial charge in [0.25, 0.3) is 11.8 Å². The van der Waals surface area contributed by atoms with Gasteiger partial charge in [0.05, 0.1) is 11.3 Å². The van der Waals surface area contributed by atoms with Crippen molar-refractivity contribution in [1.82, 2.24) is 15.6 Å². The van der Waals surface area contributed by atoms with Crippen LogP contribution in [-0.4, -0.2) is 35.9 Å². The zero-order valence-corrected chi connectivity index (χ0v) is 16.7. The molecule has 0 saturated carbocycles. The molecule has 1 aliphatic rings. The normalized spacial score (nSPS) is 15.7. The minimum atomic E-state index is -0.259. The average molecular weight is 411 g/mol. The van der Waals surface area contributed by atoms with E-state index in [1.807, 2.05) is 19.1 Å². The Balaban J connectivity index is 0.00000182. The van der Waals surface area contributed by atoms with Crippen LogP contribution < -0.4 is 16.0 Å². The first kappa shape index (κ1) is 22.9. The molecule has 1 aromatic carbocycles. The number of aryl methyl sites for hydroxylation is 1. The molecule has 1 atom stereocenters. The van der Waals surface area contributed by atoms with Gasteiger partial charge in [-0.25, -0.2) is 0 Å². The van der Waals surface area contributed by atoms with Crippen molar-refractivity contribution in [2.45, 2.75) is 25.8 Å². The van der Waals surface area contributed by atoms with Gasteiger partial charge >= 0.3 is 0 Å². The lowest BCUT2D eigenvalue weighted by molar-refractivity contribution is 0.0931. The molecule has 0 bridgehead atoms. The molecule has 1 aromatic heterocycles. The fourth-order valence-electron chi connectivity index (χ4n) is 2.95. The van der Waals surface area contributed by atoms with Crippen LogP contribution in [0.5, 0.6) is 0 Å². The average Bonchev–Trinajstić information content (AvgIpc) is 2.64. The molecule has 1 saturated heterocycles. The zero-order chi connectivity index (χ0) is 17.6. The van der Waals surface area contributed by atoms with Gasteiger partial charge in [-0.2, -0.15) is 0 Å². The fraction of sp³-hybridized carbons (Fsp3) is 0.316. The molecular weight excluding hydrogens is 387 g/mol. The number of amides is 2. The molecule has 27 heavy (non-hydrogen) atoms. The first-order chi connectivity index (χ1) is 12.1. The highest BCUT2D eigenvalue weighted by Crippen LogP contribution is 2.22. The van der Waals surface area contributed by atoms with Crippen LogP contribution in [0.2, 0.25) is 0 Å². The van der Waals surface area contributed by atoms with Gasteiger partial charge in [0, 0.05) is 30.5 Å². The molecule has 1 fully saturated rings. The van der Waals surface area contributed by atoms with Gasteiger partial charge in [-0.05, 0) is 50.1 Å². The van der Waals surface area contributed by atoms with E-state index in [2.05, 4.69) is 20.9 Å². The van der Waals surface area contributed by atoms with Crippen LogP contribution in [0.4, 0.5) is 5.69 Å². The standard InChI is InChI=1S/C19H22N4O2.2ClH/c1-13-4-2-6-16(19(25)22-15-5-3-9-21-12-15)17(13)23-18(24)14-7-10-20-11-8-14;;/h2,4,6-8,10-11,15,21H,3,5,9,12H2,1H3,(H,22,25)(H,23,24);2*1H/t15-;;/m0../s1. The van der Waals surface area contributed by atoms with Gasteiger partial charge in [-0.3, -0.25) is 14.6 Å². The Morgan fingerprint density at radius 1 is 1.11 bits per heavy atom. The van der Waals surface area contributed by atoms with E-state index in [0.717, 1.165) is 31.5 Å². The Labute approximate surface area is 171 Å². The number of nitrogens with zero attached hydrogens (tertiary/aromatic N) is 1. The van der Waals surface area contributed by atoms with Crippen LogP contribution in [0.3, 0.4) is 0 Å². The summed E-state index contributed by atoms with van der Waals surface area (Å²) < 4.78 is 0. The number of rotatable bonds is 4. The SMILES string of the molecule is Cc1cccc(C(=O)N[C@H]2CCCNC2)c1NC(=O)c1ccncc1.Cl.Cl. The molecular formula is C19H24Cl2N4O2. The summed E-state index contributed by atoms with van der Waals surface area (Å²) in [5.74, 6) is -0.424. The molecule has 2 amide bonds. The molecule has 3 rings (SSSR count). The van der Waals surface area contributed by atoms with Crippen molar-refractivity contribution in [3.05, 3.63) is 59.4 Å². The van der Waals surface area contributed by atoms with E-state index in [0.29, 0.717) is 16.8 Å². The van der Waals surface area contributed by atoms with Gasteiger partial charge < -0.3 is 16.0 Å². The van der Waals surface area contributed by atoms with E-state index in [-0.39, 0.29) is 42.7 Å². The largest absolute Gasteiger partial charge is 0.348 e. The van der Waals surface area contributed by atoms with Crippen LogP contribution in [0.15, 0.2) is 42.7 Å². The summed E-state index contributed by atoms with van der Waals surface area (Å²) in [6.45, 7) is 3.64. The van der Waals surface area contributed by atoms with Crippen molar-refractivity contribution in [2.24, 2.45) is 0 Å². The Morgan fingerprint density at radius 3 is 2.52 bits per heavy atom. The predicted molar refractivity (Wildman–Crippen MR) is 111 cm³/mol. The molecule has 0 aliphatic carbocycles. The lowest BCUT2D eigenvalue weighted by atomic mass is 10.0. The molecule has 3 N–H and O–H groups in total. The molecule has 8 heteroatoms. The topological polar surface area (TPSA) is 83.1 Å². The van der Waals surface area contributed by atoms with Crippen LogP contribution in [0, 0.1) is 6.92 Å². The van der Waals surface area contributed by atoms with E-state index in [9.17, 15) is 9.59 Å². The molecule has 0 unspecified atom stereocenters. The van der Waals surface area contributed by atoms with Crippen molar-refractivity contribution in [3.63, 3.8) is 0 Å². The lowest BCUT2D eigenvalue weighted by Gasteiger charge is -2.24. The van der Waals surface area contributed by atoms with Crippen LogP contribution >= 0.6 is 24.8 Å². The third-order valence-electron chi connectivity index (χ3n) is 4.33. The number of benzene rings is 1. The number of hydrogen-bond donors (Lipinski definition) is 3. The molecule has 0 spiro atoms. The highest BCUT2D eigenvalue weighted by molar-refractivity contribution is 6.09. The van der Waals surface area contributed by atoms with E-state index in [1.54, 1.807) is 30.6 Å².